The maximum absolute atomic E-state index is 11.5. The molecule has 0 radical (unpaired) electrons. The van der Waals surface area contributed by atoms with Crippen molar-refractivity contribution in [2.75, 3.05) is 18.1 Å². The number of alkyl halides is 3. The number of hydroxylamine groups is 1. The van der Waals surface area contributed by atoms with Crippen LogP contribution in [0.15, 0.2) is 0 Å². The minimum absolute atomic E-state index is 0.104. The highest BCUT2D eigenvalue weighted by Gasteiger charge is 2.28. The van der Waals surface area contributed by atoms with Crippen LogP contribution in [-0.2, 0) is 9.63 Å². The predicted molar refractivity (Wildman–Crippen MR) is 43.1 cm³/mol. The first-order valence-electron chi connectivity index (χ1n) is 3.38. The van der Waals surface area contributed by atoms with Crippen molar-refractivity contribution in [3.05, 3.63) is 0 Å². The van der Waals surface area contributed by atoms with Gasteiger partial charge < -0.3 is 0 Å². The average Bonchev–Trinajstić information content (AvgIpc) is 2.02. The fourth-order valence-corrected chi connectivity index (χ4v) is 0.855. The molecule has 0 aliphatic rings. The summed E-state index contributed by atoms with van der Waals surface area (Å²) < 4.78 is 34.5. The minimum Gasteiger partial charge on any atom is -0.272 e. The van der Waals surface area contributed by atoms with Crippen molar-refractivity contribution in [3.63, 3.8) is 0 Å². The monoisotopic (exact) mass is 228 g/mol. The molecule has 0 bridgehead atoms. The highest BCUT2D eigenvalue weighted by molar-refractivity contribution is 8.00. The SMILES string of the molecule is N#CCSCC(=O)NOCC(F)(F)F. The molecule has 0 aliphatic carbocycles. The molecule has 0 rings (SSSR count). The molecular weight excluding hydrogens is 221 g/mol. The van der Waals surface area contributed by atoms with Crippen molar-refractivity contribution in [1.29, 1.82) is 5.26 Å². The third-order valence-electron chi connectivity index (χ3n) is 0.822. The molecule has 0 aromatic rings. The second-order valence-corrected chi connectivity index (χ2v) is 3.07. The summed E-state index contributed by atoms with van der Waals surface area (Å²) in [5, 5.41) is 8.08. The smallest absolute Gasteiger partial charge is 0.272 e. The van der Waals surface area contributed by atoms with E-state index in [0.717, 1.165) is 11.8 Å². The van der Waals surface area contributed by atoms with Gasteiger partial charge in [-0.05, 0) is 0 Å². The molecule has 1 N–H and O–H groups in total. The Bertz CT molecular complexity index is 226. The van der Waals surface area contributed by atoms with E-state index >= 15 is 0 Å². The number of nitrogens with one attached hydrogen (secondary N) is 1. The van der Waals surface area contributed by atoms with Gasteiger partial charge in [-0.25, -0.2) is 5.48 Å². The Morgan fingerprint density at radius 1 is 1.57 bits per heavy atom. The van der Waals surface area contributed by atoms with Gasteiger partial charge in [0.15, 0.2) is 6.61 Å². The van der Waals surface area contributed by atoms with E-state index in [1.54, 1.807) is 11.5 Å². The Balaban J connectivity index is 3.42. The van der Waals surface area contributed by atoms with Crippen molar-refractivity contribution in [2.45, 2.75) is 6.18 Å². The Morgan fingerprint density at radius 3 is 2.71 bits per heavy atom. The van der Waals surface area contributed by atoms with Gasteiger partial charge in [0.2, 0.25) is 0 Å². The summed E-state index contributed by atoms with van der Waals surface area (Å²) in [5.41, 5.74) is 1.61. The van der Waals surface area contributed by atoms with E-state index in [4.69, 9.17) is 5.26 Å². The minimum atomic E-state index is -4.47. The van der Waals surface area contributed by atoms with E-state index in [-0.39, 0.29) is 11.5 Å². The fraction of sp³-hybridized carbons (Fsp3) is 0.667. The van der Waals surface area contributed by atoms with Crippen molar-refractivity contribution in [3.8, 4) is 6.07 Å². The molecule has 0 atom stereocenters. The zero-order valence-electron chi connectivity index (χ0n) is 6.93. The second-order valence-electron chi connectivity index (χ2n) is 2.08. The van der Waals surface area contributed by atoms with Gasteiger partial charge in [-0.3, -0.25) is 9.63 Å². The molecule has 4 nitrogen and oxygen atoms in total. The van der Waals surface area contributed by atoms with E-state index < -0.39 is 18.7 Å². The van der Waals surface area contributed by atoms with Gasteiger partial charge >= 0.3 is 6.18 Å². The predicted octanol–water partition coefficient (Wildman–Crippen LogP) is 0.853. The first-order chi connectivity index (χ1) is 6.45. The molecule has 0 aromatic carbocycles. The lowest BCUT2D eigenvalue weighted by Gasteiger charge is -2.07. The van der Waals surface area contributed by atoms with Crippen molar-refractivity contribution < 1.29 is 22.8 Å². The lowest BCUT2D eigenvalue weighted by Crippen LogP contribution is -2.30. The lowest BCUT2D eigenvalue weighted by atomic mass is 10.7. The maximum Gasteiger partial charge on any atom is 0.414 e. The van der Waals surface area contributed by atoms with Gasteiger partial charge in [-0.15, -0.1) is 11.8 Å². The van der Waals surface area contributed by atoms with E-state index in [2.05, 4.69) is 4.84 Å². The molecule has 1 amide bonds. The van der Waals surface area contributed by atoms with Crippen LogP contribution in [0.4, 0.5) is 13.2 Å². The van der Waals surface area contributed by atoms with Crippen LogP contribution >= 0.6 is 11.8 Å². The zero-order valence-corrected chi connectivity index (χ0v) is 7.74. The van der Waals surface area contributed by atoms with Gasteiger partial charge in [-0.1, -0.05) is 0 Å². The van der Waals surface area contributed by atoms with E-state index in [0.29, 0.717) is 0 Å². The van der Waals surface area contributed by atoms with Crippen LogP contribution in [-0.4, -0.2) is 30.2 Å². The van der Waals surface area contributed by atoms with Crippen LogP contribution in [0.1, 0.15) is 0 Å². The largest absolute Gasteiger partial charge is 0.414 e. The number of hydrogen-bond acceptors (Lipinski definition) is 4. The summed E-state index contributed by atoms with van der Waals surface area (Å²) in [6.45, 7) is -1.53. The number of carbonyl (C=O) groups excluding carboxylic acids is 1. The van der Waals surface area contributed by atoms with Gasteiger partial charge in [0.25, 0.3) is 5.91 Å². The normalized spacial score (nSPS) is 10.7. The summed E-state index contributed by atoms with van der Waals surface area (Å²) >= 11 is 0.985. The first kappa shape index (κ1) is 13.1. The molecule has 0 fully saturated rings. The standard InChI is InChI=1S/C6H7F3N2O2S/c7-6(8,9)4-13-11-5(12)3-14-2-1-10/h2-4H2,(H,11,12). The number of rotatable bonds is 5. The molecule has 0 aliphatic heterocycles. The summed E-state index contributed by atoms with van der Waals surface area (Å²) in [6.07, 6.45) is -4.47. The van der Waals surface area contributed by atoms with E-state index in [9.17, 15) is 18.0 Å². The van der Waals surface area contributed by atoms with Crippen molar-refractivity contribution in [2.24, 2.45) is 0 Å². The molecule has 0 saturated carbocycles. The third kappa shape index (κ3) is 9.15. The van der Waals surface area contributed by atoms with Crippen molar-refractivity contribution in [1.82, 2.24) is 5.48 Å². The number of amides is 1. The Hall–Kier alpha value is -0.940. The van der Waals surface area contributed by atoms with Crippen LogP contribution in [0, 0.1) is 11.3 Å². The molecule has 0 heterocycles. The van der Waals surface area contributed by atoms with Gasteiger partial charge in [0.05, 0.1) is 17.6 Å². The quantitative estimate of drug-likeness (QED) is 0.559. The highest BCUT2D eigenvalue weighted by Crippen LogP contribution is 2.13. The molecule has 8 heteroatoms. The van der Waals surface area contributed by atoms with Gasteiger partial charge in [0.1, 0.15) is 0 Å². The number of halogens is 3. The molecule has 0 saturated heterocycles. The molecule has 0 spiro atoms. The fourth-order valence-electron chi connectivity index (χ4n) is 0.417. The van der Waals surface area contributed by atoms with E-state index in [1.165, 1.54) is 0 Å². The Morgan fingerprint density at radius 2 is 2.21 bits per heavy atom. The summed E-state index contributed by atoms with van der Waals surface area (Å²) in [7, 11) is 0. The van der Waals surface area contributed by atoms with Crippen LogP contribution < -0.4 is 5.48 Å². The maximum atomic E-state index is 11.5. The number of nitrogens with zero attached hydrogens (tertiary/aromatic N) is 1. The van der Waals surface area contributed by atoms with Crippen molar-refractivity contribution >= 4 is 17.7 Å². The van der Waals surface area contributed by atoms with E-state index in [1.807, 2.05) is 0 Å². The lowest BCUT2D eigenvalue weighted by molar-refractivity contribution is -0.191. The zero-order chi connectivity index (χ0) is 11.0. The number of carbonyl (C=O) groups is 1. The number of nitriles is 1. The second kappa shape index (κ2) is 6.50. The van der Waals surface area contributed by atoms with Crippen LogP contribution in [0.2, 0.25) is 0 Å². The average molecular weight is 228 g/mol. The first-order valence-corrected chi connectivity index (χ1v) is 4.53. The van der Waals surface area contributed by atoms with Gasteiger partial charge in [0, 0.05) is 0 Å². The summed E-state index contributed by atoms with van der Waals surface area (Å²) in [5.74, 6) is -0.701. The Kier molecular flexibility index (Phi) is 6.07. The van der Waals surface area contributed by atoms with Crippen LogP contribution in [0.25, 0.3) is 0 Å². The molecule has 0 aromatic heterocycles. The summed E-state index contributed by atoms with van der Waals surface area (Å²) in [6, 6.07) is 1.77. The summed E-state index contributed by atoms with van der Waals surface area (Å²) in [4.78, 5) is 14.5. The third-order valence-corrected chi connectivity index (χ3v) is 1.62. The van der Waals surface area contributed by atoms with Crippen LogP contribution in [0.3, 0.4) is 0 Å². The number of hydrogen-bond donors (Lipinski definition) is 1. The topological polar surface area (TPSA) is 62.1 Å². The molecule has 80 valence electrons. The highest BCUT2D eigenvalue weighted by atomic mass is 32.2. The van der Waals surface area contributed by atoms with Crippen LogP contribution in [0.5, 0.6) is 0 Å². The van der Waals surface area contributed by atoms with Gasteiger partial charge in [-0.2, -0.15) is 18.4 Å². The molecule has 0 unspecified atom stereocenters. The number of thioether (sulfide) groups is 1. The molecular formula is C6H7F3N2O2S. The molecule has 14 heavy (non-hydrogen) atoms. The Labute approximate surface area is 82.4 Å².